The molecular weight excluding hydrogens is 567 g/mol. The third kappa shape index (κ3) is 9.73. The molecule has 0 aliphatic rings. The van der Waals surface area contributed by atoms with Crippen molar-refractivity contribution in [1.82, 2.24) is 5.32 Å². The van der Waals surface area contributed by atoms with Crippen LogP contribution in [0.2, 0.25) is 0 Å². The molecular formula is C34H43NO5S2. The van der Waals surface area contributed by atoms with Gasteiger partial charge in [-0.2, -0.15) is 11.8 Å². The average Bonchev–Trinajstić information content (AvgIpc) is 2.94. The van der Waals surface area contributed by atoms with Crippen LogP contribution in [0.25, 0.3) is 11.1 Å². The second-order valence-corrected chi connectivity index (χ2v) is 14.8. The lowest BCUT2D eigenvalue weighted by Crippen LogP contribution is -2.42. The number of carbonyl (C=O) groups excluding carboxylic acids is 1. The molecule has 0 radical (unpaired) electrons. The van der Waals surface area contributed by atoms with E-state index in [-0.39, 0.29) is 12.2 Å². The first kappa shape index (κ1) is 33.4. The highest BCUT2D eigenvalue weighted by molar-refractivity contribution is 7.99. The Morgan fingerprint density at radius 2 is 1.64 bits per heavy atom. The number of sulfone groups is 1. The summed E-state index contributed by atoms with van der Waals surface area (Å²) >= 11 is 1.94. The summed E-state index contributed by atoms with van der Waals surface area (Å²) in [6.07, 6.45) is 2.63. The number of amides is 1. The van der Waals surface area contributed by atoms with Crippen molar-refractivity contribution >= 4 is 33.5 Å². The van der Waals surface area contributed by atoms with E-state index in [1.807, 2.05) is 55.1 Å². The zero-order valence-electron chi connectivity index (χ0n) is 25.2. The predicted octanol–water partition coefficient (Wildman–Crippen LogP) is 6.87. The SMILES string of the molecule is CCSCC(CCc1ccc(C(=O)NC(CCS(C)(=O)=O)C(=O)O)c(-c2ccccc2C)c1)c1cccc(C(C)C)c1. The molecule has 3 rings (SSSR count). The Kier molecular flexibility index (Phi) is 12.2. The van der Waals surface area contributed by atoms with E-state index in [1.54, 1.807) is 6.07 Å². The molecule has 0 aliphatic heterocycles. The first-order valence-electron chi connectivity index (χ1n) is 14.5. The number of nitrogens with one attached hydrogen (secondary N) is 1. The maximum atomic E-state index is 13.4. The molecule has 0 heterocycles. The van der Waals surface area contributed by atoms with Crippen LogP contribution in [0.5, 0.6) is 0 Å². The van der Waals surface area contributed by atoms with Crippen molar-refractivity contribution in [3.63, 3.8) is 0 Å². The van der Waals surface area contributed by atoms with Crippen LogP contribution >= 0.6 is 11.8 Å². The fourth-order valence-electron chi connectivity index (χ4n) is 4.99. The summed E-state index contributed by atoms with van der Waals surface area (Å²) in [5.41, 5.74) is 6.79. The van der Waals surface area contributed by atoms with Gasteiger partial charge in [0.05, 0.1) is 5.75 Å². The fourth-order valence-corrected chi connectivity index (χ4v) is 6.53. The second kappa shape index (κ2) is 15.4. The highest BCUT2D eigenvalue weighted by atomic mass is 32.2. The molecule has 0 bridgehead atoms. The predicted molar refractivity (Wildman–Crippen MR) is 174 cm³/mol. The van der Waals surface area contributed by atoms with Gasteiger partial charge in [0.1, 0.15) is 15.9 Å². The van der Waals surface area contributed by atoms with Crippen LogP contribution in [0, 0.1) is 6.92 Å². The fraction of sp³-hybridized carbons (Fsp3) is 0.412. The van der Waals surface area contributed by atoms with Crippen molar-refractivity contribution in [3.8, 4) is 11.1 Å². The van der Waals surface area contributed by atoms with E-state index in [4.69, 9.17) is 0 Å². The highest BCUT2D eigenvalue weighted by Gasteiger charge is 2.24. The third-order valence-corrected chi connectivity index (χ3v) is 9.52. The van der Waals surface area contributed by atoms with Crippen LogP contribution in [0.3, 0.4) is 0 Å². The number of thioether (sulfide) groups is 1. The molecule has 2 unspecified atom stereocenters. The molecule has 0 saturated heterocycles. The molecule has 0 aliphatic carbocycles. The minimum Gasteiger partial charge on any atom is -0.480 e. The maximum absolute atomic E-state index is 13.4. The first-order chi connectivity index (χ1) is 19.9. The van der Waals surface area contributed by atoms with Gasteiger partial charge in [0.15, 0.2) is 0 Å². The van der Waals surface area contributed by atoms with Crippen LogP contribution in [0.15, 0.2) is 66.7 Å². The summed E-state index contributed by atoms with van der Waals surface area (Å²) in [4.78, 5) is 25.3. The smallest absolute Gasteiger partial charge is 0.326 e. The molecule has 2 atom stereocenters. The molecule has 1 amide bonds. The Balaban J connectivity index is 1.92. The highest BCUT2D eigenvalue weighted by Crippen LogP contribution is 2.32. The molecule has 2 N–H and O–H groups in total. The number of carbonyl (C=O) groups is 2. The first-order valence-corrected chi connectivity index (χ1v) is 17.7. The van der Waals surface area contributed by atoms with Gasteiger partial charge in [-0.15, -0.1) is 0 Å². The number of benzene rings is 3. The number of aryl methyl sites for hydroxylation is 2. The van der Waals surface area contributed by atoms with Gasteiger partial charge in [0.25, 0.3) is 5.91 Å². The van der Waals surface area contributed by atoms with Crippen LogP contribution in [0.1, 0.15) is 78.1 Å². The van der Waals surface area contributed by atoms with E-state index in [1.165, 1.54) is 11.1 Å². The third-order valence-electron chi connectivity index (χ3n) is 7.50. The summed E-state index contributed by atoms with van der Waals surface area (Å²) in [5, 5.41) is 12.2. The standard InChI is InChI=1S/C34H43NO5S2/c1-6-41-22-28(27-12-9-11-26(21-27)23(2)3)16-14-25-15-17-30(31(20-25)29-13-8-7-10-24(29)4)33(36)35-32(34(37)38)18-19-42(5,39)40/h7-13,15,17,20-21,23,28,32H,6,14,16,18-19,22H2,1-5H3,(H,35,36)(H,37,38). The number of hydrogen-bond donors (Lipinski definition) is 2. The Hall–Kier alpha value is -3.10. The zero-order chi connectivity index (χ0) is 30.9. The Bertz CT molecular complexity index is 1480. The normalized spacial score (nSPS) is 13.1. The van der Waals surface area contributed by atoms with Crippen molar-refractivity contribution in [2.45, 2.75) is 64.8 Å². The molecule has 3 aromatic carbocycles. The van der Waals surface area contributed by atoms with Gasteiger partial charge >= 0.3 is 5.97 Å². The molecule has 8 heteroatoms. The van der Waals surface area contributed by atoms with E-state index in [2.05, 4.69) is 50.4 Å². The van der Waals surface area contributed by atoms with Gasteiger partial charge in [0, 0.05) is 17.6 Å². The minimum atomic E-state index is -3.38. The van der Waals surface area contributed by atoms with Crippen LogP contribution in [-0.2, 0) is 21.1 Å². The second-order valence-electron chi connectivity index (χ2n) is 11.2. The summed E-state index contributed by atoms with van der Waals surface area (Å²) in [5.74, 6) is 0.820. The summed E-state index contributed by atoms with van der Waals surface area (Å²) in [6.45, 7) is 8.59. The van der Waals surface area contributed by atoms with E-state index in [0.29, 0.717) is 17.4 Å². The van der Waals surface area contributed by atoms with Crippen molar-refractivity contribution in [2.75, 3.05) is 23.5 Å². The van der Waals surface area contributed by atoms with E-state index >= 15 is 0 Å². The molecule has 0 aromatic heterocycles. The number of rotatable bonds is 15. The van der Waals surface area contributed by atoms with Crippen LogP contribution < -0.4 is 5.32 Å². The lowest BCUT2D eigenvalue weighted by molar-refractivity contribution is -0.139. The number of carboxylic acids is 1. The lowest BCUT2D eigenvalue weighted by atomic mass is 9.89. The van der Waals surface area contributed by atoms with E-state index in [0.717, 1.165) is 52.9 Å². The number of hydrogen-bond acceptors (Lipinski definition) is 5. The molecule has 3 aromatic rings. The van der Waals surface area contributed by atoms with Gasteiger partial charge in [-0.25, -0.2) is 13.2 Å². The van der Waals surface area contributed by atoms with Crippen molar-refractivity contribution in [2.24, 2.45) is 0 Å². The van der Waals surface area contributed by atoms with Crippen LogP contribution in [0.4, 0.5) is 0 Å². The number of carboxylic acid groups (broad SMARTS) is 1. The topological polar surface area (TPSA) is 101 Å². The van der Waals surface area contributed by atoms with Gasteiger partial charge in [0.2, 0.25) is 0 Å². The molecule has 0 saturated carbocycles. The van der Waals surface area contributed by atoms with Crippen molar-refractivity contribution < 1.29 is 23.1 Å². The maximum Gasteiger partial charge on any atom is 0.326 e. The summed E-state index contributed by atoms with van der Waals surface area (Å²) in [7, 11) is -3.38. The number of aliphatic carboxylic acids is 1. The van der Waals surface area contributed by atoms with E-state index < -0.39 is 27.8 Å². The quantitative estimate of drug-likeness (QED) is 0.195. The van der Waals surface area contributed by atoms with Crippen molar-refractivity contribution in [3.05, 3.63) is 94.5 Å². The molecule has 42 heavy (non-hydrogen) atoms. The summed E-state index contributed by atoms with van der Waals surface area (Å²) in [6, 6.07) is 21.1. The van der Waals surface area contributed by atoms with Crippen LogP contribution in [-0.4, -0.2) is 55.0 Å². The molecule has 226 valence electrons. The molecule has 0 spiro atoms. The lowest BCUT2D eigenvalue weighted by Gasteiger charge is -2.20. The zero-order valence-corrected chi connectivity index (χ0v) is 26.9. The Morgan fingerprint density at radius 1 is 0.929 bits per heavy atom. The Labute approximate surface area is 255 Å². The Morgan fingerprint density at radius 3 is 2.29 bits per heavy atom. The molecule has 6 nitrogen and oxygen atoms in total. The van der Waals surface area contributed by atoms with Gasteiger partial charge < -0.3 is 10.4 Å². The largest absolute Gasteiger partial charge is 0.480 e. The monoisotopic (exact) mass is 609 g/mol. The van der Waals surface area contributed by atoms with Gasteiger partial charge in [-0.05, 0) is 83.2 Å². The summed E-state index contributed by atoms with van der Waals surface area (Å²) < 4.78 is 23.3. The average molecular weight is 610 g/mol. The van der Waals surface area contributed by atoms with Gasteiger partial charge in [-0.1, -0.05) is 81.4 Å². The molecule has 0 fully saturated rings. The van der Waals surface area contributed by atoms with E-state index in [9.17, 15) is 23.1 Å². The minimum absolute atomic E-state index is 0.202. The van der Waals surface area contributed by atoms with Crippen molar-refractivity contribution in [1.29, 1.82) is 0 Å². The van der Waals surface area contributed by atoms with Gasteiger partial charge in [-0.3, -0.25) is 4.79 Å².